The van der Waals surface area contributed by atoms with Crippen LogP contribution in [-0.4, -0.2) is 82.6 Å². The van der Waals surface area contributed by atoms with E-state index in [0.29, 0.717) is 39.2 Å². The number of pyridine rings is 1. The second-order valence-corrected chi connectivity index (χ2v) is 11.4. The number of nitrogens with zero attached hydrogens (tertiary/aromatic N) is 5. The normalized spacial score (nSPS) is 15.4. The molecule has 15 heteroatoms. The average molecular weight is 654 g/mol. The van der Waals surface area contributed by atoms with Crippen molar-refractivity contribution in [3.8, 4) is 17.2 Å². The first-order chi connectivity index (χ1) is 21.9. The minimum Gasteiger partial charge on any atom is -0.649 e. The Kier molecular flexibility index (Phi) is 10.9. The van der Waals surface area contributed by atoms with E-state index in [9.17, 15) is 19.2 Å². The predicted octanol–water partition coefficient (Wildman–Crippen LogP) is 1.59. The molecule has 2 aliphatic rings. The van der Waals surface area contributed by atoms with Crippen LogP contribution < -0.4 is 33.2 Å². The van der Waals surface area contributed by atoms with Gasteiger partial charge in [-0.05, 0) is 39.5 Å². The van der Waals surface area contributed by atoms with Gasteiger partial charge in [0.2, 0.25) is 0 Å². The number of benzene rings is 2. The first-order valence-electron chi connectivity index (χ1n) is 14.0. The van der Waals surface area contributed by atoms with Crippen LogP contribution in [0.3, 0.4) is 0 Å². The summed E-state index contributed by atoms with van der Waals surface area (Å²) in [4.78, 5) is 54.7. The van der Waals surface area contributed by atoms with E-state index in [2.05, 4.69) is 22.7 Å². The van der Waals surface area contributed by atoms with Crippen molar-refractivity contribution in [2.75, 3.05) is 31.7 Å². The van der Waals surface area contributed by atoms with Crippen LogP contribution in [-0.2, 0) is 14.3 Å². The summed E-state index contributed by atoms with van der Waals surface area (Å²) in [5, 5.41) is 5.44. The van der Waals surface area contributed by atoms with Crippen LogP contribution in [0.1, 0.15) is 41.5 Å². The molecule has 0 unspecified atom stereocenters. The molecule has 0 aliphatic carbocycles. The number of amides is 3. The largest absolute Gasteiger partial charge is 1.00 e. The van der Waals surface area contributed by atoms with Gasteiger partial charge in [0.25, 0.3) is 11.8 Å². The van der Waals surface area contributed by atoms with Crippen LogP contribution in [0.25, 0.3) is 16.6 Å². The van der Waals surface area contributed by atoms with E-state index in [1.165, 1.54) is 24.7 Å². The fourth-order valence-electron chi connectivity index (χ4n) is 4.85. The second kappa shape index (κ2) is 14.5. The number of hydrogen-bond acceptors (Lipinski definition) is 10. The van der Waals surface area contributed by atoms with Crippen LogP contribution in [0, 0.1) is 13.0 Å². The molecule has 0 bridgehead atoms. The number of fused-ring (bicyclic) bond motifs is 2. The summed E-state index contributed by atoms with van der Waals surface area (Å²) in [6, 6.07) is 14.5. The molecular weight excluding hydrogens is 625 g/mol. The molecule has 2 aromatic carbocycles. The maximum Gasteiger partial charge on any atom is 1.00 e. The van der Waals surface area contributed by atoms with Gasteiger partial charge < -0.3 is 30.7 Å². The van der Waals surface area contributed by atoms with Crippen molar-refractivity contribution >= 4 is 52.7 Å². The molecule has 1 fully saturated rings. The molecule has 0 spiro atoms. The minimum atomic E-state index is -0.766. The zero-order valence-corrected chi connectivity index (χ0v) is 27.2. The van der Waals surface area contributed by atoms with Gasteiger partial charge >= 0.3 is 25.0 Å². The molecular formula is C32H29ClLiN5O8-2. The number of hydrogen-bond donors (Lipinski definition) is 0. The van der Waals surface area contributed by atoms with Gasteiger partial charge in [-0.3, -0.25) is 24.1 Å². The molecule has 0 saturated carbocycles. The van der Waals surface area contributed by atoms with Gasteiger partial charge in [0.05, 0.1) is 47.8 Å². The first kappa shape index (κ1) is 35.3. The standard InChI is InChI=1S/C27H20ClN5O6.C5H9O2.Li/c1-3-38-15-8-9-22(37-2)21(10-15)33-20-11-23(28)29-12-19(20)24(30-33)31-13-16(39-27(31)36)14-32-25(34)17-6-4-5-7-18(17)26(32)35;1-5(2,3)7-4-6;/h4-7,9-12,16H,1,3,13-14H2,2H3;1-3H3;/q-2;-1;+1/t16-;;/m1../s1. The summed E-state index contributed by atoms with van der Waals surface area (Å²) < 4.78 is 22.6. The van der Waals surface area contributed by atoms with E-state index >= 15 is 0 Å². The molecule has 1 atom stereocenters. The van der Waals surface area contributed by atoms with Gasteiger partial charge in [0.15, 0.2) is 5.82 Å². The molecule has 1 saturated heterocycles. The van der Waals surface area contributed by atoms with Crippen LogP contribution in [0.15, 0.2) is 48.7 Å². The fourth-order valence-corrected chi connectivity index (χ4v) is 5.00. The quantitative estimate of drug-likeness (QED) is 0.119. The number of methoxy groups -OCH3 is 1. The van der Waals surface area contributed by atoms with E-state index in [1.807, 2.05) is 0 Å². The van der Waals surface area contributed by atoms with Crippen molar-refractivity contribution in [2.45, 2.75) is 32.5 Å². The third kappa shape index (κ3) is 7.38. The van der Waals surface area contributed by atoms with Gasteiger partial charge in [-0.2, -0.15) is 5.10 Å². The van der Waals surface area contributed by atoms with E-state index in [-0.39, 0.29) is 55.1 Å². The van der Waals surface area contributed by atoms with E-state index < -0.39 is 24.0 Å². The molecule has 4 aromatic rings. The summed E-state index contributed by atoms with van der Waals surface area (Å²) in [6.45, 7) is 10.6. The fraction of sp³-hybridized carbons (Fsp3) is 0.281. The summed E-state index contributed by atoms with van der Waals surface area (Å²) in [6.07, 6.45) is 0.0709. The maximum absolute atomic E-state index is 13.0. The van der Waals surface area contributed by atoms with Crippen molar-refractivity contribution in [1.29, 1.82) is 0 Å². The van der Waals surface area contributed by atoms with Crippen LogP contribution in [0.4, 0.5) is 10.6 Å². The SMILES string of the molecule is CC(C)(C)O[C-]=O.[CH2-]COc1[c-]cc(OC)c(-n2nc(N3C[C@H](CN4C(=O)c5ccccc5C4=O)OC3=O)c3cnc(Cl)cc32)c1.[Li+]. The number of rotatable bonds is 8. The van der Waals surface area contributed by atoms with Gasteiger partial charge in [0.1, 0.15) is 11.3 Å². The third-order valence-electron chi connectivity index (χ3n) is 6.83. The van der Waals surface area contributed by atoms with Crippen molar-refractivity contribution in [3.63, 3.8) is 0 Å². The Balaban J connectivity index is 0.000000565. The Bertz CT molecular complexity index is 1790. The van der Waals surface area contributed by atoms with Crippen LogP contribution in [0.5, 0.6) is 11.5 Å². The Morgan fingerprint density at radius 2 is 1.83 bits per heavy atom. The summed E-state index contributed by atoms with van der Waals surface area (Å²) >= 11 is 6.22. The molecule has 2 aliphatic heterocycles. The van der Waals surface area contributed by atoms with Crippen molar-refractivity contribution in [2.24, 2.45) is 0 Å². The number of cyclic esters (lactones) is 1. The van der Waals surface area contributed by atoms with Crippen LogP contribution in [0.2, 0.25) is 5.15 Å². The molecule has 6 rings (SSSR count). The number of imide groups is 1. The molecule has 13 nitrogen and oxygen atoms in total. The van der Waals surface area contributed by atoms with Crippen molar-refractivity contribution in [1.82, 2.24) is 19.7 Å². The number of anilines is 1. The van der Waals surface area contributed by atoms with E-state index in [1.54, 1.807) is 67.9 Å². The minimum absolute atomic E-state index is 0. The average Bonchev–Trinajstić information content (AvgIpc) is 3.64. The number of carbonyl (C=O) groups excluding carboxylic acids is 4. The molecule has 47 heavy (non-hydrogen) atoms. The second-order valence-electron chi connectivity index (χ2n) is 11.0. The molecule has 4 heterocycles. The molecule has 2 aromatic heterocycles. The number of carbonyl (C=O) groups is 3. The predicted molar refractivity (Wildman–Crippen MR) is 166 cm³/mol. The molecule has 3 amide bonds. The van der Waals surface area contributed by atoms with Crippen molar-refractivity contribution < 1.29 is 57.0 Å². The monoisotopic (exact) mass is 653 g/mol. The van der Waals surface area contributed by atoms with Gasteiger partial charge in [-0.25, -0.2) is 9.78 Å². The van der Waals surface area contributed by atoms with E-state index in [0.717, 1.165) is 4.90 Å². The Morgan fingerprint density at radius 1 is 1.15 bits per heavy atom. The van der Waals surface area contributed by atoms with Gasteiger partial charge in [0, 0.05) is 29.4 Å². The molecule has 0 N–H and O–H groups in total. The third-order valence-corrected chi connectivity index (χ3v) is 7.03. The number of halogens is 1. The number of ether oxygens (including phenoxy) is 4. The summed E-state index contributed by atoms with van der Waals surface area (Å²) in [5.41, 5.74) is 1.34. The van der Waals surface area contributed by atoms with Crippen LogP contribution >= 0.6 is 11.6 Å². The zero-order valence-electron chi connectivity index (χ0n) is 26.4. The molecule has 240 valence electrons. The molecule has 0 radical (unpaired) electrons. The topological polar surface area (TPSA) is 142 Å². The first-order valence-corrected chi connectivity index (χ1v) is 14.4. The van der Waals surface area contributed by atoms with Crippen molar-refractivity contribution in [3.05, 3.63) is 77.9 Å². The van der Waals surface area contributed by atoms with E-state index in [4.69, 9.17) is 30.9 Å². The van der Waals surface area contributed by atoms with Gasteiger partial charge in [-0.1, -0.05) is 30.2 Å². The Morgan fingerprint density at radius 3 is 2.40 bits per heavy atom. The van der Waals surface area contributed by atoms with Gasteiger partial charge in [-0.15, -0.1) is 18.2 Å². The Labute approximate surface area is 287 Å². The Hall–Kier alpha value is -4.57. The number of aromatic nitrogens is 3. The smallest absolute Gasteiger partial charge is 0.649 e. The summed E-state index contributed by atoms with van der Waals surface area (Å²) in [7, 11) is 1.51. The maximum atomic E-state index is 13.0. The zero-order chi connectivity index (χ0) is 33.2. The summed E-state index contributed by atoms with van der Waals surface area (Å²) in [5.74, 6) is 0.285.